The average Bonchev–Trinajstić information content (AvgIpc) is 2.60. The van der Waals surface area contributed by atoms with Gasteiger partial charge in [0.2, 0.25) is 0 Å². The second kappa shape index (κ2) is 7.09. The van der Waals surface area contributed by atoms with Crippen molar-refractivity contribution in [1.82, 2.24) is 9.80 Å². The summed E-state index contributed by atoms with van der Waals surface area (Å²) in [6.07, 6.45) is 0.776. The number of amides is 2. The third-order valence-electron chi connectivity index (χ3n) is 4.13. The van der Waals surface area contributed by atoms with Gasteiger partial charge < -0.3 is 9.80 Å². The summed E-state index contributed by atoms with van der Waals surface area (Å²) in [6.45, 7) is 2.28. The van der Waals surface area contributed by atoms with Crippen molar-refractivity contribution in [3.63, 3.8) is 0 Å². The molecule has 0 radical (unpaired) electrons. The number of carbonyl (C=O) groups excluding carboxylic acids is 2. The van der Waals surface area contributed by atoms with Gasteiger partial charge in [0.15, 0.2) is 0 Å². The molecule has 4 heteroatoms. The van der Waals surface area contributed by atoms with Crippen LogP contribution < -0.4 is 0 Å². The van der Waals surface area contributed by atoms with Crippen LogP contribution in [0.5, 0.6) is 0 Å². The first-order chi connectivity index (χ1) is 11.2. The number of hydrogen-bond acceptors (Lipinski definition) is 2. The highest BCUT2D eigenvalue weighted by atomic mass is 16.2. The summed E-state index contributed by atoms with van der Waals surface area (Å²) in [6, 6.07) is 19.8. The van der Waals surface area contributed by atoms with Gasteiger partial charge in [-0.25, -0.2) is 0 Å². The van der Waals surface area contributed by atoms with Gasteiger partial charge in [-0.05, 0) is 17.5 Å². The van der Waals surface area contributed by atoms with Crippen molar-refractivity contribution < 1.29 is 9.59 Å². The molecule has 1 aliphatic rings. The molecule has 2 amide bonds. The van der Waals surface area contributed by atoms with Crippen molar-refractivity contribution in [2.45, 2.75) is 13.0 Å². The van der Waals surface area contributed by atoms with E-state index in [0.717, 1.165) is 12.0 Å². The minimum Gasteiger partial charge on any atom is -0.332 e. The van der Waals surface area contributed by atoms with Crippen molar-refractivity contribution in [3.8, 4) is 0 Å². The Kier molecular flexibility index (Phi) is 4.71. The second-order valence-corrected chi connectivity index (χ2v) is 5.74. The number of benzene rings is 2. The molecule has 4 nitrogen and oxygen atoms in total. The van der Waals surface area contributed by atoms with E-state index in [1.165, 1.54) is 5.56 Å². The van der Waals surface area contributed by atoms with E-state index in [1.807, 2.05) is 60.7 Å². The van der Waals surface area contributed by atoms with E-state index in [9.17, 15) is 9.59 Å². The van der Waals surface area contributed by atoms with E-state index in [-0.39, 0.29) is 5.91 Å². The van der Waals surface area contributed by atoms with Crippen LogP contribution in [0.2, 0.25) is 0 Å². The summed E-state index contributed by atoms with van der Waals surface area (Å²) in [4.78, 5) is 27.9. The van der Waals surface area contributed by atoms with Crippen LogP contribution in [0.15, 0.2) is 60.7 Å². The number of rotatable bonds is 5. The average molecular weight is 308 g/mol. The molecule has 0 bridgehead atoms. The highest BCUT2D eigenvalue weighted by Crippen LogP contribution is 2.11. The lowest BCUT2D eigenvalue weighted by atomic mass is 10.1. The maximum Gasteiger partial charge on any atom is 0.312 e. The lowest BCUT2D eigenvalue weighted by Crippen LogP contribution is -2.54. The van der Waals surface area contributed by atoms with Gasteiger partial charge in [0.25, 0.3) is 0 Å². The molecule has 0 spiro atoms. The van der Waals surface area contributed by atoms with E-state index >= 15 is 0 Å². The molecule has 1 fully saturated rings. The quantitative estimate of drug-likeness (QED) is 0.794. The Bertz CT molecular complexity index is 670. The lowest BCUT2D eigenvalue weighted by Gasteiger charge is -2.33. The molecule has 0 aliphatic carbocycles. The monoisotopic (exact) mass is 308 g/mol. The Labute approximate surface area is 136 Å². The van der Waals surface area contributed by atoms with Gasteiger partial charge in [-0.2, -0.15) is 0 Å². The van der Waals surface area contributed by atoms with Gasteiger partial charge in [0, 0.05) is 26.2 Å². The number of carbonyl (C=O) groups is 2. The molecule has 0 saturated carbocycles. The van der Waals surface area contributed by atoms with Crippen LogP contribution >= 0.6 is 0 Å². The summed E-state index contributed by atoms with van der Waals surface area (Å²) in [5.41, 5.74) is 2.23. The van der Waals surface area contributed by atoms with Crippen LogP contribution in [-0.2, 0) is 22.6 Å². The zero-order chi connectivity index (χ0) is 16.1. The smallest absolute Gasteiger partial charge is 0.312 e. The molecule has 23 heavy (non-hydrogen) atoms. The normalized spacial score (nSPS) is 15.1. The third-order valence-corrected chi connectivity index (χ3v) is 4.13. The zero-order valence-corrected chi connectivity index (χ0v) is 13.0. The van der Waals surface area contributed by atoms with Gasteiger partial charge in [0.05, 0.1) is 0 Å². The van der Waals surface area contributed by atoms with Crippen LogP contribution in [0, 0.1) is 0 Å². The lowest BCUT2D eigenvalue weighted by molar-refractivity contribution is -0.156. The fraction of sp³-hybridized carbons (Fsp3) is 0.263. The van der Waals surface area contributed by atoms with E-state index in [4.69, 9.17) is 0 Å². The Morgan fingerprint density at radius 2 is 1.22 bits per heavy atom. The predicted molar refractivity (Wildman–Crippen MR) is 88.6 cm³/mol. The van der Waals surface area contributed by atoms with Crippen molar-refractivity contribution in [1.29, 1.82) is 0 Å². The van der Waals surface area contributed by atoms with Gasteiger partial charge in [-0.15, -0.1) is 0 Å². The van der Waals surface area contributed by atoms with E-state index in [2.05, 4.69) is 0 Å². The Morgan fingerprint density at radius 3 is 1.87 bits per heavy atom. The molecule has 2 aromatic rings. The summed E-state index contributed by atoms with van der Waals surface area (Å²) >= 11 is 0. The number of piperazine rings is 1. The number of hydrogen-bond donors (Lipinski definition) is 0. The minimum atomic E-state index is -0.395. The topological polar surface area (TPSA) is 40.6 Å². The summed E-state index contributed by atoms with van der Waals surface area (Å²) in [5, 5.41) is 0. The molecule has 1 aliphatic heterocycles. The summed E-state index contributed by atoms with van der Waals surface area (Å²) < 4.78 is 0. The van der Waals surface area contributed by atoms with Gasteiger partial charge in [-0.3, -0.25) is 9.59 Å². The molecule has 1 saturated heterocycles. The van der Waals surface area contributed by atoms with Crippen LogP contribution in [0.4, 0.5) is 0 Å². The fourth-order valence-corrected chi connectivity index (χ4v) is 2.79. The molecule has 1 heterocycles. The zero-order valence-electron chi connectivity index (χ0n) is 13.0. The fourth-order valence-electron chi connectivity index (χ4n) is 2.79. The third kappa shape index (κ3) is 3.77. The summed E-state index contributed by atoms with van der Waals surface area (Å²) in [7, 11) is 0. The standard InChI is InChI=1S/C19H20N2O2/c22-18-19(23)21(15-17-9-5-2-6-10-17)14-13-20(18)12-11-16-7-3-1-4-8-16/h1-10H,11-15H2. The molecule has 0 N–H and O–H groups in total. The van der Waals surface area contributed by atoms with Crippen molar-refractivity contribution in [2.24, 2.45) is 0 Å². The molecule has 2 aromatic carbocycles. The van der Waals surface area contributed by atoms with Crippen molar-refractivity contribution in [3.05, 3.63) is 71.8 Å². The molecular formula is C19H20N2O2. The molecule has 118 valence electrons. The van der Waals surface area contributed by atoms with Crippen molar-refractivity contribution in [2.75, 3.05) is 19.6 Å². The van der Waals surface area contributed by atoms with E-state index < -0.39 is 5.91 Å². The first-order valence-corrected chi connectivity index (χ1v) is 7.90. The highest BCUT2D eigenvalue weighted by Gasteiger charge is 2.31. The van der Waals surface area contributed by atoms with Gasteiger partial charge in [0.1, 0.15) is 0 Å². The van der Waals surface area contributed by atoms with Crippen LogP contribution in [0.3, 0.4) is 0 Å². The maximum absolute atomic E-state index is 12.3. The Hall–Kier alpha value is -2.62. The predicted octanol–water partition coefficient (Wildman–Crippen LogP) is 2.10. The maximum atomic E-state index is 12.3. The Morgan fingerprint density at radius 1 is 0.696 bits per heavy atom. The second-order valence-electron chi connectivity index (χ2n) is 5.74. The van der Waals surface area contributed by atoms with Crippen LogP contribution in [0.25, 0.3) is 0 Å². The molecular weight excluding hydrogens is 288 g/mol. The van der Waals surface area contributed by atoms with E-state index in [0.29, 0.717) is 26.2 Å². The molecule has 0 aromatic heterocycles. The minimum absolute atomic E-state index is 0.386. The van der Waals surface area contributed by atoms with Gasteiger partial charge >= 0.3 is 11.8 Å². The van der Waals surface area contributed by atoms with E-state index in [1.54, 1.807) is 9.80 Å². The highest BCUT2D eigenvalue weighted by molar-refractivity contribution is 6.35. The van der Waals surface area contributed by atoms with Crippen LogP contribution in [-0.4, -0.2) is 41.2 Å². The van der Waals surface area contributed by atoms with Crippen LogP contribution in [0.1, 0.15) is 11.1 Å². The van der Waals surface area contributed by atoms with Gasteiger partial charge in [-0.1, -0.05) is 60.7 Å². The molecule has 3 rings (SSSR count). The largest absolute Gasteiger partial charge is 0.332 e. The number of nitrogens with zero attached hydrogens (tertiary/aromatic N) is 2. The van der Waals surface area contributed by atoms with Crippen molar-refractivity contribution >= 4 is 11.8 Å². The first kappa shape index (κ1) is 15.3. The molecule has 0 unspecified atom stereocenters. The first-order valence-electron chi connectivity index (χ1n) is 7.90. The molecule has 0 atom stereocenters. The summed E-state index contributed by atoms with van der Waals surface area (Å²) in [5.74, 6) is -0.781. The SMILES string of the molecule is O=C1C(=O)N(Cc2ccccc2)CCN1CCc1ccccc1. The Balaban J connectivity index is 1.57.